The third-order valence-corrected chi connectivity index (χ3v) is 4.66. The molecule has 0 saturated carbocycles. The molecule has 0 amide bonds. The number of nitrogens with one attached hydrogen (secondary N) is 1. The fourth-order valence-corrected chi connectivity index (χ4v) is 3.03. The molecule has 5 nitrogen and oxygen atoms in total. The van der Waals surface area contributed by atoms with Gasteiger partial charge in [0.15, 0.2) is 5.82 Å². The van der Waals surface area contributed by atoms with Crippen LogP contribution in [0, 0.1) is 0 Å². The van der Waals surface area contributed by atoms with Crippen LogP contribution in [0.5, 0.6) is 0 Å². The molecule has 0 unspecified atom stereocenters. The van der Waals surface area contributed by atoms with Crippen molar-refractivity contribution in [3.63, 3.8) is 0 Å². The molecule has 1 N–H and O–H groups in total. The first-order chi connectivity index (χ1) is 12.3. The van der Waals surface area contributed by atoms with E-state index < -0.39 is 0 Å². The maximum absolute atomic E-state index is 4.85. The summed E-state index contributed by atoms with van der Waals surface area (Å²) in [5.74, 6) is 2.76. The predicted octanol–water partition coefficient (Wildman–Crippen LogP) is 3.50. The first-order valence-corrected chi connectivity index (χ1v) is 9.38. The van der Waals surface area contributed by atoms with E-state index in [-0.39, 0.29) is 0 Å². The number of likely N-dealkylation sites (N-methyl/N-ethyl adjacent to an activating group) is 1. The lowest BCUT2D eigenvalue weighted by atomic mass is 10.2. The molecule has 0 atom stereocenters. The van der Waals surface area contributed by atoms with Crippen molar-refractivity contribution < 1.29 is 0 Å². The van der Waals surface area contributed by atoms with E-state index >= 15 is 0 Å². The molecule has 134 valence electrons. The molecule has 5 heteroatoms. The van der Waals surface area contributed by atoms with Crippen molar-refractivity contribution in [3.05, 3.63) is 36.4 Å². The second-order valence-corrected chi connectivity index (χ2v) is 6.73. The molecular weight excluding hydrogens is 310 g/mol. The Morgan fingerprint density at radius 2 is 1.76 bits per heavy atom. The lowest BCUT2D eigenvalue weighted by molar-refractivity contribution is 0.312. The average molecular weight is 339 g/mol. The molecule has 1 fully saturated rings. The van der Waals surface area contributed by atoms with Crippen molar-refractivity contribution in [2.45, 2.75) is 26.2 Å². The van der Waals surface area contributed by atoms with E-state index in [0.29, 0.717) is 0 Å². The van der Waals surface area contributed by atoms with E-state index in [1.807, 2.05) is 18.2 Å². The summed E-state index contributed by atoms with van der Waals surface area (Å²) in [6.07, 6.45) is 3.65. The third-order valence-electron chi connectivity index (χ3n) is 4.66. The van der Waals surface area contributed by atoms with Crippen molar-refractivity contribution >= 4 is 11.6 Å². The zero-order valence-corrected chi connectivity index (χ0v) is 15.4. The van der Waals surface area contributed by atoms with E-state index in [2.05, 4.69) is 47.3 Å². The molecule has 0 spiro atoms. The summed E-state index contributed by atoms with van der Waals surface area (Å²) in [5.41, 5.74) is 1.06. The van der Waals surface area contributed by atoms with Crippen LogP contribution in [-0.2, 0) is 0 Å². The Morgan fingerprint density at radius 1 is 1.00 bits per heavy atom. The van der Waals surface area contributed by atoms with Crippen LogP contribution in [0.2, 0.25) is 0 Å². The molecule has 2 heterocycles. The van der Waals surface area contributed by atoms with Crippen LogP contribution in [0.4, 0.5) is 11.6 Å². The molecule has 1 aromatic heterocycles. The topological polar surface area (TPSA) is 44.3 Å². The van der Waals surface area contributed by atoms with Gasteiger partial charge in [-0.25, -0.2) is 9.97 Å². The number of piperazine rings is 1. The summed E-state index contributed by atoms with van der Waals surface area (Å²) in [4.78, 5) is 14.3. The zero-order valence-electron chi connectivity index (χ0n) is 15.4. The van der Waals surface area contributed by atoms with Crippen molar-refractivity contribution in [2.75, 3.05) is 50.0 Å². The van der Waals surface area contributed by atoms with Gasteiger partial charge in [-0.3, -0.25) is 0 Å². The quantitative estimate of drug-likeness (QED) is 0.782. The molecule has 1 aliphatic heterocycles. The summed E-state index contributed by atoms with van der Waals surface area (Å²) >= 11 is 0. The Morgan fingerprint density at radius 3 is 2.48 bits per heavy atom. The fourth-order valence-electron chi connectivity index (χ4n) is 3.03. The molecule has 1 aromatic carbocycles. The standard InChI is InChI=1S/C20H29N5/c1-3-4-8-11-21-18-16-19(25-14-12-24(2)13-15-25)23-20(22-18)17-9-6-5-7-10-17/h5-7,9-10,16H,3-4,8,11-15H2,1-2H3,(H,21,22,23). The molecular formula is C20H29N5. The van der Waals surface area contributed by atoms with E-state index in [0.717, 1.165) is 55.7 Å². The highest BCUT2D eigenvalue weighted by Gasteiger charge is 2.17. The van der Waals surface area contributed by atoms with Gasteiger partial charge in [-0.05, 0) is 13.5 Å². The van der Waals surface area contributed by atoms with Crippen molar-refractivity contribution in [1.29, 1.82) is 0 Å². The summed E-state index contributed by atoms with van der Waals surface area (Å²) in [5, 5.41) is 3.49. The summed E-state index contributed by atoms with van der Waals surface area (Å²) < 4.78 is 0. The van der Waals surface area contributed by atoms with Gasteiger partial charge in [-0.15, -0.1) is 0 Å². The van der Waals surface area contributed by atoms with Crippen molar-refractivity contribution in [1.82, 2.24) is 14.9 Å². The number of hydrogen-bond acceptors (Lipinski definition) is 5. The highest BCUT2D eigenvalue weighted by Crippen LogP contribution is 2.23. The Hall–Kier alpha value is -2.14. The largest absolute Gasteiger partial charge is 0.370 e. The highest BCUT2D eigenvalue weighted by atomic mass is 15.3. The number of aromatic nitrogens is 2. The van der Waals surface area contributed by atoms with E-state index in [1.165, 1.54) is 19.3 Å². The van der Waals surface area contributed by atoms with Gasteiger partial charge in [0.1, 0.15) is 11.6 Å². The summed E-state index contributed by atoms with van der Waals surface area (Å²) in [6.45, 7) is 7.35. The first kappa shape index (κ1) is 17.7. The minimum Gasteiger partial charge on any atom is -0.370 e. The molecule has 3 rings (SSSR count). The van der Waals surface area contributed by atoms with Crippen LogP contribution < -0.4 is 10.2 Å². The predicted molar refractivity (Wildman–Crippen MR) is 105 cm³/mol. The molecule has 1 saturated heterocycles. The molecule has 1 aliphatic rings. The number of nitrogens with zero attached hydrogens (tertiary/aromatic N) is 4. The van der Waals surface area contributed by atoms with Crippen LogP contribution >= 0.6 is 0 Å². The lowest BCUT2D eigenvalue weighted by Gasteiger charge is -2.33. The summed E-state index contributed by atoms with van der Waals surface area (Å²) in [7, 11) is 2.17. The molecule has 25 heavy (non-hydrogen) atoms. The number of unbranched alkanes of at least 4 members (excludes halogenated alkanes) is 2. The molecule has 0 aliphatic carbocycles. The number of benzene rings is 1. The summed E-state index contributed by atoms with van der Waals surface area (Å²) in [6, 6.07) is 12.3. The smallest absolute Gasteiger partial charge is 0.163 e. The van der Waals surface area contributed by atoms with Crippen LogP contribution in [0.1, 0.15) is 26.2 Å². The molecule has 0 radical (unpaired) electrons. The van der Waals surface area contributed by atoms with Gasteiger partial charge in [0.2, 0.25) is 0 Å². The second kappa shape index (κ2) is 8.81. The minimum absolute atomic E-state index is 0.801. The second-order valence-electron chi connectivity index (χ2n) is 6.73. The monoisotopic (exact) mass is 339 g/mol. The fraction of sp³-hybridized carbons (Fsp3) is 0.500. The van der Waals surface area contributed by atoms with Gasteiger partial charge < -0.3 is 15.1 Å². The Balaban J connectivity index is 1.83. The normalized spacial score (nSPS) is 15.4. The van der Waals surface area contributed by atoms with E-state index in [1.54, 1.807) is 0 Å². The van der Waals surface area contributed by atoms with E-state index in [4.69, 9.17) is 9.97 Å². The van der Waals surface area contributed by atoms with Crippen LogP contribution in [0.15, 0.2) is 36.4 Å². The minimum atomic E-state index is 0.801. The van der Waals surface area contributed by atoms with E-state index in [9.17, 15) is 0 Å². The molecule has 0 bridgehead atoms. The van der Waals surface area contributed by atoms with Gasteiger partial charge in [-0.2, -0.15) is 0 Å². The average Bonchev–Trinajstić information content (AvgIpc) is 2.66. The molecule has 2 aromatic rings. The SMILES string of the molecule is CCCCCNc1cc(N2CCN(C)CC2)nc(-c2ccccc2)n1. The Labute approximate surface area is 151 Å². The number of hydrogen-bond donors (Lipinski definition) is 1. The van der Waals surface area contributed by atoms with Gasteiger partial charge >= 0.3 is 0 Å². The van der Waals surface area contributed by atoms with Gasteiger partial charge in [0.05, 0.1) is 0 Å². The third kappa shape index (κ3) is 4.92. The van der Waals surface area contributed by atoms with Crippen LogP contribution in [0.25, 0.3) is 11.4 Å². The number of anilines is 2. The van der Waals surface area contributed by atoms with Gasteiger partial charge in [0.25, 0.3) is 0 Å². The van der Waals surface area contributed by atoms with Crippen molar-refractivity contribution in [3.8, 4) is 11.4 Å². The van der Waals surface area contributed by atoms with Gasteiger partial charge in [0, 0.05) is 44.4 Å². The van der Waals surface area contributed by atoms with Crippen LogP contribution in [-0.4, -0.2) is 54.6 Å². The number of rotatable bonds is 7. The van der Waals surface area contributed by atoms with Gasteiger partial charge in [-0.1, -0.05) is 50.1 Å². The highest BCUT2D eigenvalue weighted by molar-refractivity contribution is 5.61. The zero-order chi connectivity index (χ0) is 17.5. The lowest BCUT2D eigenvalue weighted by Crippen LogP contribution is -2.44. The Kier molecular flexibility index (Phi) is 6.23. The Bertz CT molecular complexity index is 650. The first-order valence-electron chi connectivity index (χ1n) is 9.38. The van der Waals surface area contributed by atoms with Crippen molar-refractivity contribution in [2.24, 2.45) is 0 Å². The van der Waals surface area contributed by atoms with Crippen LogP contribution in [0.3, 0.4) is 0 Å². The maximum atomic E-state index is 4.85. The maximum Gasteiger partial charge on any atom is 0.163 e.